The smallest absolute Gasteiger partial charge is 0.303 e. The summed E-state index contributed by atoms with van der Waals surface area (Å²) in [6.45, 7) is 2.18. The van der Waals surface area contributed by atoms with Gasteiger partial charge in [0.15, 0.2) is 0 Å². The van der Waals surface area contributed by atoms with Gasteiger partial charge in [-0.15, -0.1) is 0 Å². The van der Waals surface area contributed by atoms with Crippen LogP contribution in [0.5, 0.6) is 0 Å². The van der Waals surface area contributed by atoms with Crippen LogP contribution in [0, 0.1) is 0 Å². The average Bonchev–Trinajstić information content (AvgIpc) is 3.38. The number of carboxylic acids is 1. The van der Waals surface area contributed by atoms with E-state index in [2.05, 4.69) is 6.92 Å². The number of aliphatic hydroxyl groups excluding tert-OH is 1. The van der Waals surface area contributed by atoms with Crippen molar-refractivity contribution >= 4 is 21.7 Å². The topological polar surface area (TPSA) is 108 Å². The van der Waals surface area contributed by atoms with Crippen LogP contribution in [-0.4, -0.2) is 24.6 Å². The number of furan rings is 1. The fraction of sp³-hybridized carbons (Fsp3) is 0.346. The van der Waals surface area contributed by atoms with E-state index in [1.165, 1.54) is 22.7 Å². The Kier molecular flexibility index (Phi) is 8.90. The van der Waals surface area contributed by atoms with Crippen LogP contribution in [0.1, 0.15) is 61.8 Å². The Labute approximate surface area is 200 Å². The Hall–Kier alpha value is -3.10. The molecule has 0 amide bonds. The number of hydrogen-bond acceptors (Lipinski definition) is 5. The number of aliphatic carboxylic acids is 1. The minimum atomic E-state index is -3.96. The van der Waals surface area contributed by atoms with Crippen LogP contribution in [0.25, 0.3) is 0 Å². The van der Waals surface area contributed by atoms with Crippen molar-refractivity contribution in [2.24, 2.45) is 0 Å². The number of aryl methyl sites for hydroxylation is 1. The minimum Gasteiger partial charge on any atom is -0.481 e. The van der Waals surface area contributed by atoms with E-state index in [9.17, 15) is 18.3 Å². The van der Waals surface area contributed by atoms with Gasteiger partial charge in [-0.3, -0.25) is 9.10 Å². The van der Waals surface area contributed by atoms with Gasteiger partial charge >= 0.3 is 5.97 Å². The zero-order valence-corrected chi connectivity index (χ0v) is 20.1. The molecule has 0 aliphatic heterocycles. The van der Waals surface area contributed by atoms with E-state index in [-0.39, 0.29) is 18.1 Å². The third-order valence-corrected chi connectivity index (χ3v) is 7.32. The van der Waals surface area contributed by atoms with Crippen molar-refractivity contribution in [3.63, 3.8) is 0 Å². The van der Waals surface area contributed by atoms with Crippen molar-refractivity contribution in [2.75, 3.05) is 4.31 Å². The number of unbranched alkanes of at least 4 members (excludes halogenated alkanes) is 2. The molecule has 0 saturated heterocycles. The highest BCUT2D eigenvalue weighted by Gasteiger charge is 2.28. The lowest BCUT2D eigenvalue weighted by Gasteiger charge is -2.24. The number of carbonyl (C=O) groups is 1. The van der Waals surface area contributed by atoms with Crippen molar-refractivity contribution < 1.29 is 27.8 Å². The van der Waals surface area contributed by atoms with Crippen LogP contribution in [0.2, 0.25) is 0 Å². The Balaban J connectivity index is 1.84. The lowest BCUT2D eigenvalue weighted by molar-refractivity contribution is -0.136. The summed E-state index contributed by atoms with van der Waals surface area (Å²) >= 11 is 0. The summed E-state index contributed by atoms with van der Waals surface area (Å²) in [6.07, 6.45) is 4.90. The van der Waals surface area contributed by atoms with Crippen LogP contribution < -0.4 is 4.31 Å². The van der Waals surface area contributed by atoms with Gasteiger partial charge in [-0.25, -0.2) is 0 Å². The summed E-state index contributed by atoms with van der Waals surface area (Å²) in [5, 5.41) is 19.1. The number of sulfonamides is 1. The first-order chi connectivity index (χ1) is 16.3. The number of carboxylic acid groups (broad SMARTS) is 1. The zero-order chi connectivity index (χ0) is 24.6. The summed E-state index contributed by atoms with van der Waals surface area (Å²) in [6, 6.07) is 17.1. The molecule has 7 nitrogen and oxygen atoms in total. The minimum absolute atomic E-state index is 0.0367. The second-order valence-electron chi connectivity index (χ2n) is 8.26. The van der Waals surface area contributed by atoms with E-state index < -0.39 is 22.1 Å². The van der Waals surface area contributed by atoms with E-state index in [0.717, 1.165) is 36.0 Å². The molecule has 1 aromatic heterocycles. The van der Waals surface area contributed by atoms with Gasteiger partial charge in [0.2, 0.25) is 5.09 Å². The van der Waals surface area contributed by atoms with Crippen LogP contribution >= 0.6 is 0 Å². The highest BCUT2D eigenvalue weighted by Crippen LogP contribution is 2.29. The maximum Gasteiger partial charge on any atom is 0.303 e. The number of aliphatic hydroxyl groups is 1. The molecule has 1 atom stereocenters. The van der Waals surface area contributed by atoms with Gasteiger partial charge < -0.3 is 14.6 Å². The predicted molar refractivity (Wildman–Crippen MR) is 130 cm³/mol. The van der Waals surface area contributed by atoms with E-state index in [1.54, 1.807) is 36.4 Å². The summed E-state index contributed by atoms with van der Waals surface area (Å²) in [5.41, 5.74) is 2.82. The molecule has 3 aromatic rings. The monoisotopic (exact) mass is 485 g/mol. The number of anilines is 1. The molecule has 0 aliphatic carbocycles. The van der Waals surface area contributed by atoms with Crippen LogP contribution in [-0.2, 0) is 27.8 Å². The molecule has 0 radical (unpaired) electrons. The average molecular weight is 486 g/mol. The first kappa shape index (κ1) is 25.5. The molecule has 2 aromatic carbocycles. The maximum atomic E-state index is 13.4. The van der Waals surface area contributed by atoms with Crippen molar-refractivity contribution in [3.8, 4) is 0 Å². The van der Waals surface area contributed by atoms with Crippen molar-refractivity contribution in [2.45, 2.75) is 63.2 Å². The van der Waals surface area contributed by atoms with Crippen molar-refractivity contribution in [1.82, 2.24) is 0 Å². The normalized spacial score (nSPS) is 12.4. The maximum absolute atomic E-state index is 13.4. The molecular formula is C26H31NO6S. The fourth-order valence-corrected chi connectivity index (χ4v) is 5.04. The highest BCUT2D eigenvalue weighted by atomic mass is 32.2. The lowest BCUT2D eigenvalue weighted by Crippen LogP contribution is -2.30. The summed E-state index contributed by atoms with van der Waals surface area (Å²) in [4.78, 5) is 10.8. The van der Waals surface area contributed by atoms with Gasteiger partial charge in [0.1, 0.15) is 0 Å². The molecular weight excluding hydrogens is 454 g/mol. The van der Waals surface area contributed by atoms with Crippen LogP contribution in [0.3, 0.4) is 0 Å². The molecule has 34 heavy (non-hydrogen) atoms. The van der Waals surface area contributed by atoms with Crippen LogP contribution in [0.15, 0.2) is 76.4 Å². The van der Waals surface area contributed by atoms with Gasteiger partial charge in [0.25, 0.3) is 10.0 Å². The number of nitrogens with zero attached hydrogens (tertiary/aromatic N) is 1. The van der Waals surface area contributed by atoms with Gasteiger partial charge in [-0.2, -0.15) is 8.42 Å². The number of benzene rings is 2. The third-order valence-electron chi connectivity index (χ3n) is 5.66. The van der Waals surface area contributed by atoms with Crippen molar-refractivity contribution in [1.29, 1.82) is 0 Å². The third kappa shape index (κ3) is 6.71. The molecule has 182 valence electrons. The highest BCUT2D eigenvalue weighted by molar-refractivity contribution is 7.92. The van der Waals surface area contributed by atoms with E-state index in [0.29, 0.717) is 18.5 Å². The molecule has 0 bridgehead atoms. The molecule has 1 heterocycles. The largest absolute Gasteiger partial charge is 0.481 e. The van der Waals surface area contributed by atoms with Crippen LogP contribution in [0.4, 0.5) is 5.69 Å². The Morgan fingerprint density at radius 2 is 1.68 bits per heavy atom. The van der Waals surface area contributed by atoms with E-state index in [1.807, 2.05) is 12.1 Å². The second kappa shape index (κ2) is 11.9. The number of rotatable bonds is 13. The Bertz CT molecular complexity index is 1140. The van der Waals surface area contributed by atoms with Gasteiger partial charge in [0, 0.05) is 6.42 Å². The van der Waals surface area contributed by atoms with Gasteiger partial charge in [-0.1, -0.05) is 62.6 Å². The molecule has 0 spiro atoms. The standard InChI is InChI=1S/C26H31NO6S/c1-2-3-4-6-24(28)22-13-15-23(16-14-22)27(34(31,32)26-7-5-18-33-26)19-21-10-8-20(9-11-21)12-17-25(29)30/h5,7-11,13-16,18,24,28H,2-4,6,12,17,19H2,1H3,(H,29,30). The quantitative estimate of drug-likeness (QED) is 0.318. The fourth-order valence-electron chi connectivity index (χ4n) is 3.68. The summed E-state index contributed by atoms with van der Waals surface area (Å²) in [5.74, 6) is -0.862. The molecule has 3 rings (SSSR count). The summed E-state index contributed by atoms with van der Waals surface area (Å²) < 4.78 is 33.2. The van der Waals surface area contributed by atoms with Gasteiger partial charge in [-0.05, 0) is 53.8 Å². The molecule has 0 aliphatic rings. The number of hydrogen-bond donors (Lipinski definition) is 2. The molecule has 0 fully saturated rings. The Morgan fingerprint density at radius 1 is 1.00 bits per heavy atom. The van der Waals surface area contributed by atoms with E-state index >= 15 is 0 Å². The lowest BCUT2D eigenvalue weighted by atomic mass is 10.0. The molecule has 0 saturated carbocycles. The Morgan fingerprint density at radius 3 is 2.26 bits per heavy atom. The van der Waals surface area contributed by atoms with E-state index in [4.69, 9.17) is 9.52 Å². The first-order valence-corrected chi connectivity index (χ1v) is 12.9. The van der Waals surface area contributed by atoms with Gasteiger partial charge in [0.05, 0.1) is 24.6 Å². The predicted octanol–water partition coefficient (Wildman–Crippen LogP) is 5.31. The summed E-state index contributed by atoms with van der Waals surface area (Å²) in [7, 11) is -3.96. The SMILES string of the molecule is CCCCCC(O)c1ccc(N(Cc2ccc(CCC(=O)O)cc2)S(=O)(=O)c2ccco2)cc1. The molecule has 2 N–H and O–H groups in total. The molecule has 1 unspecified atom stereocenters. The molecule has 8 heteroatoms. The zero-order valence-electron chi connectivity index (χ0n) is 19.3. The van der Waals surface area contributed by atoms with Crippen molar-refractivity contribution in [3.05, 3.63) is 83.6 Å². The second-order valence-corrected chi connectivity index (χ2v) is 10.1. The first-order valence-electron chi connectivity index (χ1n) is 11.4.